The molecule has 6 heteroatoms. The number of nitrogens with zero attached hydrogens (tertiary/aromatic N) is 2. The van der Waals surface area contributed by atoms with Crippen LogP contribution in [0.25, 0.3) is 0 Å². The van der Waals surface area contributed by atoms with E-state index in [1.54, 1.807) is 29.0 Å². The number of carbonyl (C=O) groups excluding carboxylic acids is 2. The molecule has 2 aromatic rings. The number of amides is 2. The van der Waals surface area contributed by atoms with Gasteiger partial charge in [-0.2, -0.15) is 0 Å². The Hall–Kier alpha value is -3.15. The first-order valence-corrected chi connectivity index (χ1v) is 10.8. The van der Waals surface area contributed by atoms with E-state index in [4.69, 9.17) is 4.74 Å². The summed E-state index contributed by atoms with van der Waals surface area (Å²) in [7, 11) is 1.61. The highest BCUT2D eigenvalue weighted by molar-refractivity contribution is 5.86. The van der Waals surface area contributed by atoms with E-state index in [-0.39, 0.29) is 35.6 Å². The molecule has 0 bridgehead atoms. The standard InChI is InChI=1S/C26H31FN2O3/c1-26(2,3)16-24(30)28-15-5-6-23(20-9-13-22(32-4)14-10-20)29(25(31)18-28)17-19-7-11-21(27)12-8-19/h5-14,23H,15-18H2,1-4H3/b6-5-. The van der Waals surface area contributed by atoms with Crippen molar-refractivity contribution in [1.29, 1.82) is 0 Å². The lowest BCUT2D eigenvalue weighted by Crippen LogP contribution is -2.45. The van der Waals surface area contributed by atoms with Gasteiger partial charge >= 0.3 is 0 Å². The maximum atomic E-state index is 13.4. The molecule has 0 fully saturated rings. The van der Waals surface area contributed by atoms with Crippen LogP contribution in [0, 0.1) is 11.2 Å². The van der Waals surface area contributed by atoms with E-state index in [1.807, 2.05) is 57.2 Å². The number of methoxy groups -OCH3 is 1. The van der Waals surface area contributed by atoms with Crippen LogP contribution >= 0.6 is 0 Å². The molecule has 0 N–H and O–H groups in total. The molecule has 3 rings (SSSR count). The van der Waals surface area contributed by atoms with E-state index in [9.17, 15) is 14.0 Å². The van der Waals surface area contributed by atoms with Gasteiger partial charge in [0.1, 0.15) is 18.1 Å². The molecule has 0 spiro atoms. The minimum atomic E-state index is -0.321. The number of ether oxygens (including phenoxy) is 1. The van der Waals surface area contributed by atoms with Gasteiger partial charge in [-0.1, -0.05) is 57.2 Å². The second-order valence-corrected chi connectivity index (χ2v) is 9.31. The van der Waals surface area contributed by atoms with Gasteiger partial charge < -0.3 is 14.5 Å². The highest BCUT2D eigenvalue weighted by Gasteiger charge is 2.29. The van der Waals surface area contributed by atoms with Crippen LogP contribution in [0.1, 0.15) is 44.4 Å². The number of benzene rings is 2. The van der Waals surface area contributed by atoms with Gasteiger partial charge in [-0.05, 0) is 40.8 Å². The Kier molecular flexibility index (Phi) is 7.33. The normalized spacial score (nSPS) is 18.2. The molecule has 32 heavy (non-hydrogen) atoms. The number of hydrogen-bond donors (Lipinski definition) is 0. The summed E-state index contributed by atoms with van der Waals surface area (Å²) < 4.78 is 18.7. The van der Waals surface area contributed by atoms with Crippen LogP contribution in [0.2, 0.25) is 0 Å². The van der Waals surface area contributed by atoms with Crippen LogP contribution in [0.15, 0.2) is 60.7 Å². The van der Waals surface area contributed by atoms with Gasteiger partial charge in [0.25, 0.3) is 0 Å². The number of rotatable bonds is 5. The van der Waals surface area contributed by atoms with Crippen molar-refractivity contribution in [2.24, 2.45) is 5.41 Å². The van der Waals surface area contributed by atoms with Crippen molar-refractivity contribution in [1.82, 2.24) is 9.80 Å². The first-order chi connectivity index (χ1) is 15.2. The van der Waals surface area contributed by atoms with E-state index in [1.165, 1.54) is 12.1 Å². The van der Waals surface area contributed by atoms with Crippen LogP contribution in [-0.2, 0) is 16.1 Å². The lowest BCUT2D eigenvalue weighted by molar-refractivity contribution is -0.142. The molecular formula is C26H31FN2O3. The fourth-order valence-electron chi connectivity index (χ4n) is 3.72. The minimum Gasteiger partial charge on any atom is -0.497 e. The van der Waals surface area contributed by atoms with Gasteiger partial charge in [0.05, 0.1) is 13.2 Å². The zero-order valence-corrected chi connectivity index (χ0v) is 19.2. The Morgan fingerprint density at radius 3 is 2.34 bits per heavy atom. The Morgan fingerprint density at radius 1 is 1.09 bits per heavy atom. The summed E-state index contributed by atoms with van der Waals surface area (Å²) >= 11 is 0. The highest BCUT2D eigenvalue weighted by Crippen LogP contribution is 2.28. The summed E-state index contributed by atoms with van der Waals surface area (Å²) in [4.78, 5) is 29.6. The first kappa shape index (κ1) is 23.5. The molecule has 5 nitrogen and oxygen atoms in total. The largest absolute Gasteiger partial charge is 0.497 e. The van der Waals surface area contributed by atoms with E-state index in [0.29, 0.717) is 19.5 Å². The molecule has 170 valence electrons. The fraction of sp³-hybridized carbons (Fsp3) is 0.385. The van der Waals surface area contributed by atoms with Gasteiger partial charge in [0.2, 0.25) is 11.8 Å². The Balaban J connectivity index is 1.92. The van der Waals surface area contributed by atoms with E-state index in [0.717, 1.165) is 16.9 Å². The smallest absolute Gasteiger partial charge is 0.243 e. The lowest BCUT2D eigenvalue weighted by Gasteiger charge is -2.35. The van der Waals surface area contributed by atoms with Gasteiger partial charge in [0.15, 0.2) is 0 Å². The summed E-state index contributed by atoms with van der Waals surface area (Å²) in [6.07, 6.45) is 4.27. The molecule has 0 aromatic heterocycles. The van der Waals surface area contributed by atoms with Gasteiger partial charge in [-0.3, -0.25) is 9.59 Å². The van der Waals surface area contributed by atoms with Crippen LogP contribution in [0.3, 0.4) is 0 Å². The van der Waals surface area contributed by atoms with Crippen molar-refractivity contribution in [3.63, 3.8) is 0 Å². The quantitative estimate of drug-likeness (QED) is 0.634. The fourth-order valence-corrected chi connectivity index (χ4v) is 3.72. The first-order valence-electron chi connectivity index (χ1n) is 10.8. The molecule has 0 radical (unpaired) electrons. The van der Waals surface area contributed by atoms with Crippen LogP contribution in [0.4, 0.5) is 4.39 Å². The molecule has 1 aliphatic heterocycles. The summed E-state index contributed by atoms with van der Waals surface area (Å²) in [6, 6.07) is 13.4. The number of halogens is 1. The Morgan fingerprint density at radius 2 is 1.75 bits per heavy atom. The molecule has 1 aliphatic rings. The maximum absolute atomic E-state index is 13.4. The second kappa shape index (κ2) is 9.98. The average Bonchev–Trinajstić information content (AvgIpc) is 2.73. The summed E-state index contributed by atoms with van der Waals surface area (Å²) in [5.74, 6) is 0.221. The summed E-state index contributed by atoms with van der Waals surface area (Å²) in [5, 5.41) is 0. The minimum absolute atomic E-state index is 0.00705. The van der Waals surface area contributed by atoms with Crippen molar-refractivity contribution < 1.29 is 18.7 Å². The van der Waals surface area contributed by atoms with Crippen molar-refractivity contribution in [3.05, 3.63) is 77.6 Å². The molecule has 2 amide bonds. The van der Waals surface area contributed by atoms with Crippen LogP contribution < -0.4 is 4.74 Å². The summed E-state index contributed by atoms with van der Waals surface area (Å²) in [5.41, 5.74) is 1.60. The molecule has 0 saturated heterocycles. The predicted molar refractivity (Wildman–Crippen MR) is 122 cm³/mol. The van der Waals surface area contributed by atoms with Crippen molar-refractivity contribution >= 4 is 11.8 Å². The SMILES string of the molecule is COc1ccc(C2/C=C\CN(C(=O)CC(C)(C)C)CC(=O)N2Cc2ccc(F)cc2)cc1. The monoisotopic (exact) mass is 438 g/mol. The topological polar surface area (TPSA) is 49.9 Å². The van der Waals surface area contributed by atoms with Gasteiger partial charge in [0, 0.05) is 19.5 Å². The van der Waals surface area contributed by atoms with Crippen molar-refractivity contribution in [2.75, 3.05) is 20.2 Å². The molecule has 1 atom stereocenters. The van der Waals surface area contributed by atoms with Gasteiger partial charge in [-0.25, -0.2) is 4.39 Å². The third-order valence-electron chi connectivity index (χ3n) is 5.38. The van der Waals surface area contributed by atoms with Crippen LogP contribution in [-0.4, -0.2) is 41.8 Å². The molecule has 0 saturated carbocycles. The van der Waals surface area contributed by atoms with E-state index < -0.39 is 0 Å². The third kappa shape index (κ3) is 6.19. The van der Waals surface area contributed by atoms with Gasteiger partial charge in [-0.15, -0.1) is 0 Å². The lowest BCUT2D eigenvalue weighted by atomic mass is 9.91. The average molecular weight is 439 g/mol. The van der Waals surface area contributed by atoms with E-state index in [2.05, 4.69) is 0 Å². The maximum Gasteiger partial charge on any atom is 0.243 e. The molecular weight excluding hydrogens is 407 g/mol. The van der Waals surface area contributed by atoms with E-state index >= 15 is 0 Å². The number of carbonyl (C=O) groups is 2. The molecule has 1 unspecified atom stereocenters. The predicted octanol–water partition coefficient (Wildman–Crippen LogP) is 4.74. The third-order valence-corrected chi connectivity index (χ3v) is 5.38. The summed E-state index contributed by atoms with van der Waals surface area (Å²) in [6.45, 7) is 6.72. The molecule has 0 aliphatic carbocycles. The Labute approximate surface area is 189 Å². The van der Waals surface area contributed by atoms with Crippen LogP contribution in [0.5, 0.6) is 5.75 Å². The second-order valence-electron chi connectivity index (χ2n) is 9.31. The van der Waals surface area contributed by atoms with Crippen molar-refractivity contribution in [3.8, 4) is 5.75 Å². The Bertz CT molecular complexity index is 962. The number of hydrogen-bond acceptors (Lipinski definition) is 3. The zero-order chi connectivity index (χ0) is 23.3. The van der Waals surface area contributed by atoms with Crippen molar-refractivity contribution in [2.45, 2.75) is 39.8 Å². The zero-order valence-electron chi connectivity index (χ0n) is 19.2. The highest BCUT2D eigenvalue weighted by atomic mass is 19.1. The molecule has 2 aromatic carbocycles. The molecule has 1 heterocycles.